The molecule has 0 amide bonds. The summed E-state index contributed by atoms with van der Waals surface area (Å²) in [5.74, 6) is -30.3. The molecule has 0 bridgehead atoms. The summed E-state index contributed by atoms with van der Waals surface area (Å²) in [4.78, 5) is 0. The normalized spacial score (nSPS) is 15.4. The van der Waals surface area contributed by atoms with E-state index >= 15 is 8.78 Å². The van der Waals surface area contributed by atoms with Gasteiger partial charge in [0.1, 0.15) is 0 Å². The van der Waals surface area contributed by atoms with E-state index in [2.05, 4.69) is 0 Å². The molecule has 0 radical (unpaired) electrons. The predicted octanol–water partition coefficient (Wildman–Crippen LogP) is 9.11. The topological polar surface area (TPSA) is 0 Å². The summed E-state index contributed by atoms with van der Waals surface area (Å²) < 4.78 is 170. The van der Waals surface area contributed by atoms with E-state index in [1.54, 1.807) is 0 Å². The molecule has 0 nitrogen and oxygen atoms in total. The zero-order chi connectivity index (χ0) is 25.9. The summed E-state index contributed by atoms with van der Waals surface area (Å²) in [6.07, 6.45) is -7.19. The Hall–Kier alpha value is -0.111. The van der Waals surface area contributed by atoms with Crippen molar-refractivity contribution < 1.29 is 57.1 Å². The first-order chi connectivity index (χ1) is 14.2. The molecule has 0 aromatic carbocycles. The summed E-state index contributed by atoms with van der Waals surface area (Å²) in [6.45, 7) is 4.46. The Morgan fingerprint density at radius 1 is 0.438 bits per heavy atom. The van der Waals surface area contributed by atoms with E-state index in [1.807, 2.05) is 0 Å². The molecule has 14 heteroatoms. The molecular weight excluding hydrogens is 582 g/mol. The van der Waals surface area contributed by atoms with Gasteiger partial charge < -0.3 is 0 Å². The molecule has 0 unspecified atom stereocenters. The van der Waals surface area contributed by atoms with Crippen molar-refractivity contribution in [1.29, 1.82) is 0 Å². The van der Waals surface area contributed by atoms with Crippen LogP contribution in [0.5, 0.6) is 0 Å². The molecule has 32 heavy (non-hydrogen) atoms. The molecule has 0 aromatic rings. The molecule has 0 aromatic heterocycles. The summed E-state index contributed by atoms with van der Waals surface area (Å²) in [7, 11) is 0. The van der Waals surface area contributed by atoms with Crippen molar-refractivity contribution in [2.45, 2.75) is 106 Å². The van der Waals surface area contributed by atoms with Crippen LogP contribution in [-0.4, -0.2) is 52.2 Å². The van der Waals surface area contributed by atoms with Crippen LogP contribution in [0.25, 0.3) is 0 Å². The Balaban J connectivity index is 6.81. The Labute approximate surface area is 182 Å². The van der Waals surface area contributed by atoms with Gasteiger partial charge in [-0.25, -0.2) is 0 Å². The fourth-order valence-electron chi connectivity index (χ4n) is 3.49. The van der Waals surface area contributed by atoms with Crippen molar-refractivity contribution in [3.63, 3.8) is 0 Å². The predicted molar refractivity (Wildman–Crippen MR) is 95.7 cm³/mol. The number of hydrogen-bond acceptors (Lipinski definition) is 0. The Morgan fingerprint density at radius 3 is 0.969 bits per heavy atom. The number of halogens is 13. The molecule has 0 aliphatic rings. The first kappa shape index (κ1) is 31.9. The number of hydrogen-bond donors (Lipinski definition) is 0. The third-order valence-corrected chi connectivity index (χ3v) is 21.5. The fourth-order valence-corrected chi connectivity index (χ4v) is 19.5. The second-order valence-corrected chi connectivity index (χ2v) is 21.3. The van der Waals surface area contributed by atoms with Gasteiger partial charge in [0.05, 0.1) is 0 Å². The van der Waals surface area contributed by atoms with Gasteiger partial charge in [0, 0.05) is 0 Å². The van der Waals surface area contributed by atoms with Gasteiger partial charge in [-0.05, 0) is 0 Å². The molecule has 0 atom stereocenters. The van der Waals surface area contributed by atoms with E-state index in [-0.39, 0.29) is 38.5 Å². The summed E-state index contributed by atoms with van der Waals surface area (Å²) in [6, 6.07) is 0. The molecule has 0 saturated carbocycles. The van der Waals surface area contributed by atoms with Gasteiger partial charge in [-0.2, -0.15) is 0 Å². The molecule has 0 aliphatic carbocycles. The van der Waals surface area contributed by atoms with Gasteiger partial charge in [-0.1, -0.05) is 0 Å². The maximum absolute atomic E-state index is 15.2. The van der Waals surface area contributed by atoms with Gasteiger partial charge in [0.15, 0.2) is 0 Å². The summed E-state index contributed by atoms with van der Waals surface area (Å²) >= 11 is -5.93. The van der Waals surface area contributed by atoms with Crippen LogP contribution in [0.1, 0.15) is 59.3 Å². The average molecular weight is 609 g/mol. The monoisotopic (exact) mass is 610 g/mol. The van der Waals surface area contributed by atoms with Gasteiger partial charge in [0.25, 0.3) is 0 Å². The molecule has 194 valence electrons. The SMILES string of the molecule is CCC[CH2][Sn]([CH2]CCC)([CH2]CCC)[C](F)(F)C(F)(F)C(F)(F)C(F)(F)C(F)(F)C(F)(F)F. The zero-order valence-corrected chi connectivity index (χ0v) is 20.6. The Morgan fingerprint density at radius 2 is 0.719 bits per heavy atom. The van der Waals surface area contributed by atoms with E-state index in [9.17, 15) is 48.3 Å². The third-order valence-electron chi connectivity index (χ3n) is 5.63. The van der Waals surface area contributed by atoms with Crippen LogP contribution in [0.3, 0.4) is 0 Å². The van der Waals surface area contributed by atoms with Crippen LogP contribution in [0.4, 0.5) is 57.1 Å². The van der Waals surface area contributed by atoms with Crippen molar-refractivity contribution in [2.75, 3.05) is 0 Å². The number of unbranched alkanes of at least 4 members (excludes halogenated alkanes) is 3. The van der Waals surface area contributed by atoms with E-state index in [0.29, 0.717) is 0 Å². The molecule has 0 N–H and O–H groups in total. The fraction of sp³-hybridized carbons (Fsp3) is 1.00. The molecule has 0 heterocycles. The van der Waals surface area contributed by atoms with E-state index in [0.717, 1.165) is 0 Å². The van der Waals surface area contributed by atoms with Crippen molar-refractivity contribution in [2.24, 2.45) is 0 Å². The first-order valence-corrected chi connectivity index (χ1v) is 17.6. The molecule has 0 spiro atoms. The molecular formula is C18H27F13Sn. The first-order valence-electron chi connectivity index (χ1n) is 10.1. The quantitative estimate of drug-likeness (QED) is 0.136. The average Bonchev–Trinajstić information content (AvgIpc) is 2.65. The molecule has 0 rings (SSSR count). The van der Waals surface area contributed by atoms with Gasteiger partial charge in [0.2, 0.25) is 0 Å². The zero-order valence-electron chi connectivity index (χ0n) is 17.8. The maximum atomic E-state index is 15.2. The second kappa shape index (κ2) is 10.7. The number of rotatable bonds is 14. The van der Waals surface area contributed by atoms with Crippen LogP contribution in [-0.2, 0) is 0 Å². The van der Waals surface area contributed by atoms with Crippen LogP contribution >= 0.6 is 0 Å². The Kier molecular flexibility index (Phi) is 10.6. The molecule has 0 fully saturated rings. The van der Waals surface area contributed by atoms with Crippen LogP contribution < -0.4 is 0 Å². The van der Waals surface area contributed by atoms with E-state index in [1.165, 1.54) is 20.8 Å². The van der Waals surface area contributed by atoms with E-state index < -0.39 is 65.5 Å². The van der Waals surface area contributed by atoms with Gasteiger partial charge in [-0.15, -0.1) is 0 Å². The minimum atomic E-state index is -7.82. The third kappa shape index (κ3) is 5.26. The van der Waals surface area contributed by atoms with Crippen LogP contribution in [0.15, 0.2) is 0 Å². The van der Waals surface area contributed by atoms with Crippen LogP contribution in [0, 0.1) is 0 Å². The molecule has 0 saturated heterocycles. The van der Waals surface area contributed by atoms with E-state index in [4.69, 9.17) is 0 Å². The number of alkyl halides is 13. The Bertz CT molecular complexity index is 550. The van der Waals surface area contributed by atoms with Crippen molar-refractivity contribution >= 4 is 18.4 Å². The summed E-state index contributed by atoms with van der Waals surface area (Å²) in [5.41, 5.74) is 0. The van der Waals surface area contributed by atoms with Crippen molar-refractivity contribution in [3.05, 3.63) is 0 Å². The van der Waals surface area contributed by atoms with Gasteiger partial charge >= 0.3 is 182 Å². The standard InChI is InChI=1S/C6F13.3C4H9.Sn/c7-1(8)2(9,10)3(11,12)4(13,14)5(15,16)6(17,18)19;3*1-3-4-2;/h;3*1,3-4H2,2H3;. The van der Waals surface area contributed by atoms with Crippen molar-refractivity contribution in [1.82, 2.24) is 0 Å². The minimum absolute atomic E-state index is 0.115. The van der Waals surface area contributed by atoms with Crippen LogP contribution in [0.2, 0.25) is 13.3 Å². The molecule has 0 aliphatic heterocycles. The van der Waals surface area contributed by atoms with Crippen molar-refractivity contribution in [3.8, 4) is 0 Å². The second-order valence-electron chi connectivity index (χ2n) is 7.96. The summed E-state index contributed by atoms with van der Waals surface area (Å²) in [5, 5.41) is 0. The van der Waals surface area contributed by atoms with Gasteiger partial charge in [-0.3, -0.25) is 0 Å².